The zero-order chi connectivity index (χ0) is 37.6. The Balaban J connectivity index is 1.66. The molecule has 0 amide bonds. The van der Waals surface area contributed by atoms with Gasteiger partial charge in [0, 0.05) is 11.5 Å². The van der Waals surface area contributed by atoms with E-state index < -0.39 is 72.9 Å². The zero-order valence-corrected chi connectivity index (χ0v) is 28.2. The van der Waals surface area contributed by atoms with Gasteiger partial charge in [-0.15, -0.1) is 0 Å². The highest BCUT2D eigenvalue weighted by atomic mass is 16.6. The molecule has 0 heterocycles. The third kappa shape index (κ3) is 10.3. The highest BCUT2D eigenvalue weighted by Gasteiger charge is 2.47. The normalized spacial score (nSPS) is 12.9. The van der Waals surface area contributed by atoms with Crippen LogP contribution >= 0.6 is 0 Å². The summed E-state index contributed by atoms with van der Waals surface area (Å²) >= 11 is 0. The van der Waals surface area contributed by atoms with Gasteiger partial charge in [-0.2, -0.15) is 0 Å². The minimum Gasteiger partial charge on any atom is -0.481 e. The average molecular weight is 715 g/mol. The average Bonchev–Trinajstić information content (AvgIpc) is 3.20. The first kappa shape index (κ1) is 37.4. The predicted octanol–water partition coefficient (Wildman–Crippen LogP) is 6.49. The van der Waals surface area contributed by atoms with E-state index in [1.54, 1.807) is 91.0 Å². The Hall–Kier alpha value is -6.88. The lowest BCUT2D eigenvalue weighted by Gasteiger charge is -2.35. The van der Waals surface area contributed by atoms with E-state index in [0.29, 0.717) is 0 Å². The molecule has 0 spiro atoms. The second kappa shape index (κ2) is 18.4. The molecule has 0 fully saturated rings. The summed E-state index contributed by atoms with van der Waals surface area (Å²) in [6.45, 7) is -0.676. The minimum atomic E-state index is -2.01. The molecule has 5 rings (SSSR count). The zero-order valence-electron chi connectivity index (χ0n) is 28.2. The van der Waals surface area contributed by atoms with Gasteiger partial charge >= 0.3 is 29.8 Å². The van der Waals surface area contributed by atoms with Crippen molar-refractivity contribution in [1.29, 1.82) is 0 Å². The summed E-state index contributed by atoms with van der Waals surface area (Å²) in [6, 6.07) is 38.6. The molecule has 0 bridgehead atoms. The van der Waals surface area contributed by atoms with Crippen LogP contribution in [0, 0.1) is 5.92 Å². The molecular formula is C42H34O11. The molecule has 11 heteroatoms. The summed E-state index contributed by atoms with van der Waals surface area (Å²) < 4.78 is 23.4. The van der Waals surface area contributed by atoms with Gasteiger partial charge in [-0.3, -0.25) is 9.59 Å². The lowest BCUT2D eigenvalue weighted by molar-refractivity contribution is -0.143. The first-order valence-corrected chi connectivity index (χ1v) is 16.5. The number of hydrogen-bond acceptors (Lipinski definition) is 10. The van der Waals surface area contributed by atoms with Crippen molar-refractivity contribution in [3.63, 3.8) is 0 Å². The molecule has 0 saturated carbocycles. The molecule has 0 saturated heterocycles. The first-order valence-electron chi connectivity index (χ1n) is 16.5. The quantitative estimate of drug-likeness (QED) is 0.0676. The highest BCUT2D eigenvalue weighted by Crippen LogP contribution is 2.28. The Morgan fingerprint density at radius 1 is 0.434 bits per heavy atom. The van der Waals surface area contributed by atoms with Crippen LogP contribution in [0.4, 0.5) is 0 Å². The summed E-state index contributed by atoms with van der Waals surface area (Å²) in [5, 5.41) is 10.1. The molecule has 1 N–H and O–H groups in total. The Kier molecular flexibility index (Phi) is 13.0. The molecule has 53 heavy (non-hydrogen) atoms. The summed E-state index contributed by atoms with van der Waals surface area (Å²) in [4.78, 5) is 81.1. The lowest BCUT2D eigenvalue weighted by atomic mass is 9.89. The third-order valence-electron chi connectivity index (χ3n) is 8.03. The minimum absolute atomic E-state index is 0.0243. The molecule has 5 aromatic rings. The maximum Gasteiger partial charge on any atom is 0.338 e. The van der Waals surface area contributed by atoms with Crippen LogP contribution in [0.25, 0.3) is 0 Å². The van der Waals surface area contributed by atoms with Gasteiger partial charge in [0.1, 0.15) is 6.10 Å². The Bertz CT molecular complexity index is 2000. The number of carboxylic acids is 1. The van der Waals surface area contributed by atoms with Gasteiger partial charge < -0.3 is 24.1 Å². The number of ether oxygens (including phenoxy) is 4. The summed E-state index contributed by atoms with van der Waals surface area (Å²) in [5.41, 5.74) is 0.297. The first-order chi connectivity index (χ1) is 25.7. The number of ketones is 1. The Morgan fingerprint density at radius 2 is 0.774 bits per heavy atom. The second-order valence-electron chi connectivity index (χ2n) is 11.7. The van der Waals surface area contributed by atoms with Crippen LogP contribution in [-0.2, 0) is 23.7 Å². The van der Waals surface area contributed by atoms with Crippen LogP contribution in [-0.4, -0.2) is 65.7 Å². The van der Waals surface area contributed by atoms with Gasteiger partial charge in [-0.25, -0.2) is 19.2 Å². The second-order valence-corrected chi connectivity index (χ2v) is 11.7. The number of hydrogen-bond donors (Lipinski definition) is 1. The number of aliphatic carboxylic acids is 1. The number of Topliss-reactive ketones (excluding diaryl/α,β-unsaturated/α-hetero) is 1. The largest absolute Gasteiger partial charge is 0.481 e. The molecule has 0 radical (unpaired) electrons. The van der Waals surface area contributed by atoms with Crippen molar-refractivity contribution in [2.24, 2.45) is 5.92 Å². The van der Waals surface area contributed by atoms with E-state index >= 15 is 0 Å². The Morgan fingerprint density at radius 3 is 1.17 bits per heavy atom. The van der Waals surface area contributed by atoms with E-state index in [9.17, 15) is 33.9 Å². The van der Waals surface area contributed by atoms with Crippen LogP contribution in [0.3, 0.4) is 0 Å². The molecule has 0 aliphatic carbocycles. The fourth-order valence-corrected chi connectivity index (χ4v) is 5.39. The van der Waals surface area contributed by atoms with Gasteiger partial charge in [0.25, 0.3) is 0 Å². The van der Waals surface area contributed by atoms with Gasteiger partial charge in [0.2, 0.25) is 11.9 Å². The molecule has 268 valence electrons. The standard InChI is InChI=1S/C42H34O11/c43-34(44)26-33(27-50-39(46)29-18-8-2-9-19-29)36(51-40(47)30-20-10-3-11-21-30)38(53-42(49)32-24-14-5-15-25-32)37(35(45)28-16-6-1-7-17-28)52-41(48)31-22-12-4-13-23-31/h1-25,33,36-38H,26-27H2,(H,43,44)/t33-,36-,37+,38+/m1/s1. The monoisotopic (exact) mass is 714 g/mol. The van der Waals surface area contributed by atoms with Crippen LogP contribution in [0.2, 0.25) is 0 Å². The molecule has 0 aliphatic heterocycles. The smallest absolute Gasteiger partial charge is 0.338 e. The van der Waals surface area contributed by atoms with E-state index in [2.05, 4.69) is 0 Å². The number of benzene rings is 5. The molecule has 11 nitrogen and oxygen atoms in total. The third-order valence-corrected chi connectivity index (χ3v) is 8.03. The Labute approximate surface area is 304 Å². The van der Waals surface area contributed by atoms with Crippen LogP contribution in [0.15, 0.2) is 152 Å². The van der Waals surface area contributed by atoms with Crippen molar-refractivity contribution in [1.82, 2.24) is 0 Å². The van der Waals surface area contributed by atoms with Crippen LogP contribution < -0.4 is 0 Å². The van der Waals surface area contributed by atoms with E-state index in [-0.39, 0.29) is 27.8 Å². The number of carboxylic acid groups (broad SMARTS) is 1. The summed E-state index contributed by atoms with van der Waals surface area (Å²) in [5.74, 6) is -7.50. The predicted molar refractivity (Wildman–Crippen MR) is 190 cm³/mol. The fraction of sp³-hybridized carbons (Fsp3) is 0.143. The molecule has 0 aromatic heterocycles. The van der Waals surface area contributed by atoms with Gasteiger partial charge in [0.15, 0.2) is 6.10 Å². The fourth-order valence-electron chi connectivity index (χ4n) is 5.39. The number of carbonyl (C=O) groups excluding carboxylic acids is 5. The van der Waals surface area contributed by atoms with Crippen molar-refractivity contribution in [3.8, 4) is 0 Å². The number of carbonyl (C=O) groups is 6. The van der Waals surface area contributed by atoms with Gasteiger partial charge in [0.05, 0.1) is 35.3 Å². The molecular weight excluding hydrogens is 680 g/mol. The molecule has 4 atom stereocenters. The van der Waals surface area contributed by atoms with E-state index in [0.717, 1.165) is 0 Å². The van der Waals surface area contributed by atoms with Crippen molar-refractivity contribution in [2.75, 3.05) is 6.61 Å². The maximum atomic E-state index is 14.4. The van der Waals surface area contributed by atoms with Crippen LogP contribution in [0.1, 0.15) is 58.2 Å². The molecule has 0 unspecified atom stereocenters. The van der Waals surface area contributed by atoms with Crippen molar-refractivity contribution >= 4 is 35.6 Å². The molecule has 5 aromatic carbocycles. The summed E-state index contributed by atoms with van der Waals surface area (Å²) in [6.07, 6.45) is -6.63. The summed E-state index contributed by atoms with van der Waals surface area (Å²) in [7, 11) is 0. The SMILES string of the molecule is O=C(O)C[C@H](COC(=O)c1ccccc1)[C@@H](OC(=O)c1ccccc1)[C@H](OC(=O)c1ccccc1)[C@@H](OC(=O)c1ccccc1)C(=O)c1ccccc1. The molecule has 0 aliphatic rings. The topological polar surface area (TPSA) is 160 Å². The van der Waals surface area contributed by atoms with Crippen molar-refractivity contribution in [3.05, 3.63) is 179 Å². The van der Waals surface area contributed by atoms with Crippen molar-refractivity contribution < 1.29 is 52.8 Å². The van der Waals surface area contributed by atoms with E-state index in [1.165, 1.54) is 60.7 Å². The van der Waals surface area contributed by atoms with Crippen LogP contribution in [0.5, 0.6) is 0 Å². The highest BCUT2D eigenvalue weighted by molar-refractivity contribution is 6.02. The van der Waals surface area contributed by atoms with E-state index in [1.807, 2.05) is 0 Å². The number of rotatable bonds is 16. The van der Waals surface area contributed by atoms with Gasteiger partial charge in [-0.1, -0.05) is 103 Å². The van der Waals surface area contributed by atoms with Gasteiger partial charge in [-0.05, 0) is 48.5 Å². The number of esters is 4. The lowest BCUT2D eigenvalue weighted by Crippen LogP contribution is -2.53. The van der Waals surface area contributed by atoms with E-state index in [4.69, 9.17) is 18.9 Å². The maximum absolute atomic E-state index is 14.4. The van der Waals surface area contributed by atoms with Crippen molar-refractivity contribution in [2.45, 2.75) is 24.7 Å².